The number of carbonyl (C=O) groups is 1. The highest BCUT2D eigenvalue weighted by atomic mass is 16.5. The van der Waals surface area contributed by atoms with Crippen LogP contribution in [0.4, 0.5) is 5.82 Å². The van der Waals surface area contributed by atoms with Crippen LogP contribution in [0.5, 0.6) is 0 Å². The van der Waals surface area contributed by atoms with Crippen LogP contribution in [-0.4, -0.2) is 30.8 Å². The van der Waals surface area contributed by atoms with Gasteiger partial charge in [-0.15, -0.1) is 0 Å². The van der Waals surface area contributed by atoms with Gasteiger partial charge >= 0.3 is 0 Å². The molecule has 0 fully saturated rings. The van der Waals surface area contributed by atoms with Crippen LogP contribution in [-0.2, 0) is 11.2 Å². The number of anilines is 1. The average molecular weight is 364 g/mol. The van der Waals surface area contributed by atoms with E-state index < -0.39 is 0 Å². The number of aromatic nitrogens is 5. The van der Waals surface area contributed by atoms with Gasteiger partial charge in [0.15, 0.2) is 11.5 Å². The van der Waals surface area contributed by atoms with E-state index in [2.05, 4.69) is 25.5 Å². The first kappa shape index (κ1) is 16.7. The number of rotatable bonds is 5. The Bertz CT molecular complexity index is 1160. The molecule has 4 rings (SSSR count). The van der Waals surface area contributed by atoms with Gasteiger partial charge in [0.2, 0.25) is 5.91 Å². The molecule has 4 aromatic rings. The molecule has 0 saturated carbocycles. The molecule has 3 heterocycles. The molecule has 1 aromatic carbocycles. The highest BCUT2D eigenvalue weighted by molar-refractivity contribution is 5.89. The summed E-state index contributed by atoms with van der Waals surface area (Å²) < 4.78 is 6.51. The monoisotopic (exact) mass is 364 g/mol. The zero-order chi connectivity index (χ0) is 18.8. The van der Waals surface area contributed by atoms with Crippen molar-refractivity contribution in [2.24, 2.45) is 0 Å². The molecule has 0 spiro atoms. The Kier molecular flexibility index (Phi) is 4.25. The summed E-state index contributed by atoms with van der Waals surface area (Å²) >= 11 is 0. The quantitative estimate of drug-likeness (QED) is 0.559. The Hall–Kier alpha value is -3.75. The Morgan fingerprint density at radius 2 is 2.11 bits per heavy atom. The number of benzene rings is 1. The van der Waals surface area contributed by atoms with Crippen LogP contribution in [0, 0.1) is 6.92 Å². The second kappa shape index (κ2) is 6.87. The van der Waals surface area contributed by atoms with Gasteiger partial charge < -0.3 is 14.8 Å². The van der Waals surface area contributed by atoms with Crippen molar-refractivity contribution in [1.82, 2.24) is 24.9 Å². The minimum Gasteiger partial charge on any atom is -0.360 e. The number of nitrogens with one attached hydrogen (secondary N) is 2. The third kappa shape index (κ3) is 3.47. The van der Waals surface area contributed by atoms with Crippen LogP contribution in [0.2, 0.25) is 0 Å². The molecule has 9 nitrogen and oxygen atoms in total. The van der Waals surface area contributed by atoms with Crippen molar-refractivity contribution in [3.63, 3.8) is 0 Å². The van der Waals surface area contributed by atoms with Crippen molar-refractivity contribution in [3.8, 4) is 5.69 Å². The van der Waals surface area contributed by atoms with Gasteiger partial charge in [0.25, 0.3) is 5.56 Å². The van der Waals surface area contributed by atoms with Crippen molar-refractivity contribution in [3.05, 3.63) is 64.5 Å². The van der Waals surface area contributed by atoms with Crippen molar-refractivity contribution >= 4 is 22.8 Å². The Morgan fingerprint density at radius 3 is 2.85 bits per heavy atom. The Balaban J connectivity index is 1.55. The lowest BCUT2D eigenvalue weighted by Gasteiger charge is -2.05. The lowest BCUT2D eigenvalue weighted by Crippen LogP contribution is -2.16. The van der Waals surface area contributed by atoms with Crippen molar-refractivity contribution in [1.29, 1.82) is 0 Å². The fourth-order valence-electron chi connectivity index (χ4n) is 2.70. The molecule has 0 radical (unpaired) electrons. The van der Waals surface area contributed by atoms with Gasteiger partial charge in [-0.3, -0.25) is 9.59 Å². The molecule has 27 heavy (non-hydrogen) atoms. The predicted octanol–water partition coefficient (Wildman–Crippen LogP) is 1.98. The van der Waals surface area contributed by atoms with Gasteiger partial charge in [0.1, 0.15) is 17.0 Å². The molecule has 0 unspecified atom stereocenters. The minimum atomic E-state index is -0.287. The highest BCUT2D eigenvalue weighted by Gasteiger charge is 2.13. The van der Waals surface area contributed by atoms with E-state index in [4.69, 9.17) is 4.52 Å². The SMILES string of the molecule is Cc1cc(NC(=O)CCc2nc3c(cnn3-c3ccccc3)c(=O)[nH]2)no1. The number of para-hydroxylation sites is 1. The third-order valence-electron chi connectivity index (χ3n) is 3.97. The Morgan fingerprint density at radius 1 is 1.30 bits per heavy atom. The lowest BCUT2D eigenvalue weighted by atomic mass is 10.2. The standard InChI is InChI=1S/C18H16N6O3/c1-11-9-15(23-27-11)20-16(25)8-7-14-21-17-13(18(26)22-14)10-19-24(17)12-5-3-2-4-6-12/h2-6,9-10H,7-8H2,1H3,(H,20,23,25)(H,21,22,26). The zero-order valence-corrected chi connectivity index (χ0v) is 14.5. The first-order chi connectivity index (χ1) is 13.1. The number of hydrogen-bond donors (Lipinski definition) is 2. The molecular weight excluding hydrogens is 348 g/mol. The molecule has 0 aliphatic carbocycles. The molecule has 2 N–H and O–H groups in total. The summed E-state index contributed by atoms with van der Waals surface area (Å²) in [4.78, 5) is 31.6. The first-order valence-corrected chi connectivity index (χ1v) is 8.35. The highest BCUT2D eigenvalue weighted by Crippen LogP contribution is 2.14. The summed E-state index contributed by atoms with van der Waals surface area (Å²) in [7, 11) is 0. The second-order valence-electron chi connectivity index (χ2n) is 6.01. The van der Waals surface area contributed by atoms with E-state index >= 15 is 0 Å². The van der Waals surface area contributed by atoms with E-state index in [1.807, 2.05) is 30.3 Å². The number of fused-ring (bicyclic) bond motifs is 1. The predicted molar refractivity (Wildman–Crippen MR) is 97.7 cm³/mol. The molecule has 0 saturated heterocycles. The number of H-pyrrole nitrogens is 1. The smallest absolute Gasteiger partial charge is 0.262 e. The van der Waals surface area contributed by atoms with Crippen LogP contribution in [0.25, 0.3) is 16.7 Å². The largest absolute Gasteiger partial charge is 0.360 e. The molecule has 9 heteroatoms. The maximum atomic E-state index is 12.3. The third-order valence-corrected chi connectivity index (χ3v) is 3.97. The van der Waals surface area contributed by atoms with Crippen molar-refractivity contribution in [2.45, 2.75) is 19.8 Å². The van der Waals surface area contributed by atoms with E-state index in [0.29, 0.717) is 28.4 Å². The molecule has 0 bridgehead atoms. The summed E-state index contributed by atoms with van der Waals surface area (Å²) in [6.45, 7) is 1.74. The Labute approximate surface area is 153 Å². The normalized spacial score (nSPS) is 11.0. The van der Waals surface area contributed by atoms with E-state index in [1.165, 1.54) is 6.20 Å². The molecule has 0 aliphatic rings. The maximum absolute atomic E-state index is 12.3. The van der Waals surface area contributed by atoms with Crippen molar-refractivity contribution in [2.75, 3.05) is 5.32 Å². The van der Waals surface area contributed by atoms with E-state index in [9.17, 15) is 9.59 Å². The summed E-state index contributed by atoms with van der Waals surface area (Å²) in [6, 6.07) is 11.0. The number of carbonyl (C=O) groups excluding carboxylic acids is 1. The summed E-state index contributed by atoms with van der Waals surface area (Å²) in [5.74, 6) is 1.13. The van der Waals surface area contributed by atoms with Gasteiger partial charge in [-0.25, -0.2) is 9.67 Å². The molecule has 0 aliphatic heterocycles. The molecule has 1 amide bonds. The molecule has 0 atom stereocenters. The van der Waals surface area contributed by atoms with Crippen LogP contribution in [0.3, 0.4) is 0 Å². The summed E-state index contributed by atoms with van der Waals surface area (Å²) in [5.41, 5.74) is 0.966. The van der Waals surface area contributed by atoms with Gasteiger partial charge in [0.05, 0.1) is 11.9 Å². The van der Waals surface area contributed by atoms with Gasteiger partial charge in [0, 0.05) is 18.9 Å². The van der Waals surface area contributed by atoms with Crippen molar-refractivity contribution < 1.29 is 9.32 Å². The number of aromatic amines is 1. The summed E-state index contributed by atoms with van der Waals surface area (Å²) in [5, 5.41) is 11.0. The van der Waals surface area contributed by atoms with E-state index in [1.54, 1.807) is 17.7 Å². The van der Waals surface area contributed by atoms with Crippen LogP contribution < -0.4 is 10.9 Å². The van der Waals surface area contributed by atoms with E-state index in [0.717, 1.165) is 5.69 Å². The average Bonchev–Trinajstić information content (AvgIpc) is 3.27. The van der Waals surface area contributed by atoms with Gasteiger partial charge in [-0.1, -0.05) is 23.4 Å². The number of nitrogens with zero attached hydrogens (tertiary/aromatic N) is 4. The topological polar surface area (TPSA) is 119 Å². The first-order valence-electron chi connectivity index (χ1n) is 8.35. The fourth-order valence-corrected chi connectivity index (χ4v) is 2.70. The van der Waals surface area contributed by atoms with Gasteiger partial charge in [-0.2, -0.15) is 5.10 Å². The van der Waals surface area contributed by atoms with Crippen LogP contribution in [0.15, 0.2) is 51.9 Å². The lowest BCUT2D eigenvalue weighted by molar-refractivity contribution is -0.116. The molecular formula is C18H16N6O3. The number of aryl methyl sites for hydroxylation is 2. The zero-order valence-electron chi connectivity index (χ0n) is 14.5. The summed E-state index contributed by atoms with van der Waals surface area (Å²) in [6.07, 6.45) is 1.89. The maximum Gasteiger partial charge on any atom is 0.262 e. The number of hydrogen-bond acceptors (Lipinski definition) is 6. The van der Waals surface area contributed by atoms with E-state index in [-0.39, 0.29) is 24.3 Å². The van der Waals surface area contributed by atoms with Gasteiger partial charge in [-0.05, 0) is 19.1 Å². The molecule has 3 aromatic heterocycles. The fraction of sp³-hybridized carbons (Fsp3) is 0.167. The minimum absolute atomic E-state index is 0.139. The van der Waals surface area contributed by atoms with Crippen LogP contribution >= 0.6 is 0 Å². The second-order valence-corrected chi connectivity index (χ2v) is 6.01. The number of amides is 1. The molecule has 136 valence electrons. The van der Waals surface area contributed by atoms with Crippen LogP contribution in [0.1, 0.15) is 18.0 Å².